The lowest BCUT2D eigenvalue weighted by molar-refractivity contribution is 0.0342. The lowest BCUT2D eigenvalue weighted by Gasteiger charge is -2.32. The third-order valence-electron chi connectivity index (χ3n) is 5.92. The SMILES string of the molecule is CN1CCC(n2cc(C(=O)O)c(=O)c3cc(CN4CCOCC4)ccc32)CC1. The van der Waals surface area contributed by atoms with Gasteiger partial charge in [0.1, 0.15) is 5.56 Å². The van der Waals surface area contributed by atoms with Crippen LogP contribution in [0.4, 0.5) is 0 Å². The van der Waals surface area contributed by atoms with E-state index in [-0.39, 0.29) is 11.6 Å². The molecule has 2 aliphatic rings. The second-order valence-electron chi connectivity index (χ2n) is 7.86. The van der Waals surface area contributed by atoms with Crippen LogP contribution in [0.15, 0.2) is 29.2 Å². The summed E-state index contributed by atoms with van der Waals surface area (Å²) in [7, 11) is 2.10. The van der Waals surface area contributed by atoms with Crippen molar-refractivity contribution in [3.8, 4) is 0 Å². The number of aromatic nitrogens is 1. The van der Waals surface area contributed by atoms with Gasteiger partial charge in [-0.25, -0.2) is 4.79 Å². The summed E-state index contributed by atoms with van der Waals surface area (Å²) in [5, 5.41) is 10.1. The number of carboxylic acid groups (broad SMARTS) is 1. The minimum atomic E-state index is -1.16. The summed E-state index contributed by atoms with van der Waals surface area (Å²) in [6, 6.07) is 6.13. The molecule has 4 rings (SSSR count). The number of ether oxygens (including phenoxy) is 1. The highest BCUT2D eigenvalue weighted by Crippen LogP contribution is 2.26. The summed E-state index contributed by atoms with van der Waals surface area (Å²) >= 11 is 0. The third kappa shape index (κ3) is 3.83. The minimum absolute atomic E-state index is 0.144. The molecule has 0 bridgehead atoms. The Hall–Kier alpha value is -2.22. The smallest absolute Gasteiger partial charge is 0.341 e. The van der Waals surface area contributed by atoms with Crippen LogP contribution >= 0.6 is 0 Å². The number of rotatable bonds is 4. The topological polar surface area (TPSA) is 75.0 Å². The van der Waals surface area contributed by atoms with Gasteiger partial charge in [0.25, 0.3) is 0 Å². The average Bonchev–Trinajstić information content (AvgIpc) is 2.70. The van der Waals surface area contributed by atoms with Gasteiger partial charge in [-0.3, -0.25) is 9.69 Å². The predicted octanol–water partition coefficient (Wildman–Crippen LogP) is 1.80. The highest BCUT2D eigenvalue weighted by atomic mass is 16.5. The van der Waals surface area contributed by atoms with E-state index >= 15 is 0 Å². The number of pyridine rings is 1. The van der Waals surface area contributed by atoms with Crippen LogP contribution in [0, 0.1) is 0 Å². The molecule has 0 unspecified atom stereocenters. The van der Waals surface area contributed by atoms with Crippen LogP contribution in [-0.4, -0.2) is 71.9 Å². The number of likely N-dealkylation sites (tertiary alicyclic amines) is 1. The molecule has 3 heterocycles. The van der Waals surface area contributed by atoms with Crippen molar-refractivity contribution >= 4 is 16.9 Å². The Labute approximate surface area is 164 Å². The van der Waals surface area contributed by atoms with Gasteiger partial charge < -0.3 is 19.3 Å². The van der Waals surface area contributed by atoms with E-state index in [1.807, 2.05) is 16.7 Å². The summed E-state index contributed by atoms with van der Waals surface area (Å²) in [6.45, 7) is 5.86. The second-order valence-corrected chi connectivity index (χ2v) is 7.86. The van der Waals surface area contributed by atoms with Gasteiger partial charge in [-0.15, -0.1) is 0 Å². The minimum Gasteiger partial charge on any atom is -0.477 e. The number of hydrogen-bond acceptors (Lipinski definition) is 5. The maximum Gasteiger partial charge on any atom is 0.341 e. The molecule has 0 radical (unpaired) electrons. The molecule has 2 aliphatic heterocycles. The Morgan fingerprint density at radius 2 is 1.89 bits per heavy atom. The van der Waals surface area contributed by atoms with Crippen LogP contribution in [0.3, 0.4) is 0 Å². The van der Waals surface area contributed by atoms with E-state index in [0.29, 0.717) is 5.39 Å². The van der Waals surface area contributed by atoms with Crippen LogP contribution in [0.1, 0.15) is 34.8 Å². The van der Waals surface area contributed by atoms with Crippen LogP contribution in [0.25, 0.3) is 10.9 Å². The number of hydrogen-bond donors (Lipinski definition) is 1. The molecule has 2 fully saturated rings. The number of fused-ring (bicyclic) bond motifs is 1. The molecule has 0 saturated carbocycles. The Morgan fingerprint density at radius 3 is 2.57 bits per heavy atom. The Balaban J connectivity index is 1.75. The maximum absolute atomic E-state index is 12.9. The van der Waals surface area contributed by atoms with Crippen molar-refractivity contribution < 1.29 is 14.6 Å². The summed E-state index contributed by atoms with van der Waals surface area (Å²) in [4.78, 5) is 29.1. The lowest BCUT2D eigenvalue weighted by Crippen LogP contribution is -2.35. The number of nitrogens with zero attached hydrogens (tertiary/aromatic N) is 3. The van der Waals surface area contributed by atoms with Crippen molar-refractivity contribution in [2.24, 2.45) is 0 Å². The van der Waals surface area contributed by atoms with Gasteiger partial charge in [-0.1, -0.05) is 6.07 Å². The van der Waals surface area contributed by atoms with Gasteiger partial charge >= 0.3 is 5.97 Å². The van der Waals surface area contributed by atoms with Crippen LogP contribution in [0.5, 0.6) is 0 Å². The second kappa shape index (κ2) is 8.03. The van der Waals surface area contributed by atoms with Crippen LogP contribution in [-0.2, 0) is 11.3 Å². The quantitative estimate of drug-likeness (QED) is 0.865. The first-order valence-electron chi connectivity index (χ1n) is 9.92. The summed E-state index contributed by atoms with van der Waals surface area (Å²) in [5.41, 5.74) is 1.32. The van der Waals surface area contributed by atoms with E-state index in [4.69, 9.17) is 4.74 Å². The van der Waals surface area contributed by atoms with Gasteiger partial charge in [-0.05, 0) is 50.7 Å². The zero-order chi connectivity index (χ0) is 19.7. The molecule has 0 spiro atoms. The molecule has 0 amide bonds. The fourth-order valence-corrected chi connectivity index (χ4v) is 4.25. The molecule has 0 atom stereocenters. The molecule has 1 N–H and O–H groups in total. The predicted molar refractivity (Wildman–Crippen MR) is 107 cm³/mol. The first-order valence-corrected chi connectivity index (χ1v) is 9.92. The number of piperidine rings is 1. The highest BCUT2D eigenvalue weighted by molar-refractivity contribution is 5.92. The number of carboxylic acids is 1. The Bertz CT molecular complexity index is 925. The molecular formula is C21H27N3O4. The third-order valence-corrected chi connectivity index (χ3v) is 5.92. The molecule has 7 nitrogen and oxygen atoms in total. The van der Waals surface area contributed by atoms with Crippen molar-refractivity contribution in [1.82, 2.24) is 14.4 Å². The molecule has 28 heavy (non-hydrogen) atoms. The molecule has 2 aromatic rings. The van der Waals surface area contributed by atoms with Gasteiger partial charge in [0, 0.05) is 37.3 Å². The number of benzene rings is 1. The highest BCUT2D eigenvalue weighted by Gasteiger charge is 2.23. The fourth-order valence-electron chi connectivity index (χ4n) is 4.25. The molecule has 0 aliphatic carbocycles. The molecule has 2 saturated heterocycles. The summed E-state index contributed by atoms with van der Waals surface area (Å²) in [5.74, 6) is -1.16. The van der Waals surface area contributed by atoms with Crippen molar-refractivity contribution in [3.63, 3.8) is 0 Å². The van der Waals surface area contributed by atoms with E-state index in [1.54, 1.807) is 6.20 Å². The van der Waals surface area contributed by atoms with Crippen molar-refractivity contribution in [1.29, 1.82) is 0 Å². The van der Waals surface area contributed by atoms with Gasteiger partial charge in [-0.2, -0.15) is 0 Å². The Kier molecular flexibility index (Phi) is 5.48. The van der Waals surface area contributed by atoms with E-state index in [2.05, 4.69) is 22.9 Å². The zero-order valence-corrected chi connectivity index (χ0v) is 16.3. The largest absolute Gasteiger partial charge is 0.477 e. The van der Waals surface area contributed by atoms with E-state index in [9.17, 15) is 14.7 Å². The van der Waals surface area contributed by atoms with Crippen molar-refractivity contribution in [2.75, 3.05) is 46.4 Å². The van der Waals surface area contributed by atoms with Gasteiger partial charge in [0.2, 0.25) is 5.43 Å². The number of morpholine rings is 1. The molecular weight excluding hydrogens is 358 g/mol. The number of aromatic carboxylic acids is 1. The summed E-state index contributed by atoms with van der Waals surface area (Å²) in [6.07, 6.45) is 3.44. The first-order chi connectivity index (χ1) is 13.5. The van der Waals surface area contributed by atoms with Gasteiger partial charge in [0.15, 0.2) is 0 Å². The molecule has 1 aromatic heterocycles. The van der Waals surface area contributed by atoms with E-state index in [0.717, 1.165) is 69.9 Å². The monoisotopic (exact) mass is 385 g/mol. The van der Waals surface area contributed by atoms with Crippen molar-refractivity contribution in [2.45, 2.75) is 25.4 Å². The lowest BCUT2D eigenvalue weighted by atomic mass is 10.0. The molecule has 1 aromatic carbocycles. The molecule has 150 valence electrons. The normalized spacial score (nSPS) is 19.9. The first kappa shape index (κ1) is 19.1. The van der Waals surface area contributed by atoms with Crippen LogP contribution in [0.2, 0.25) is 0 Å². The fraction of sp³-hybridized carbons (Fsp3) is 0.524. The molecule has 7 heteroatoms. The maximum atomic E-state index is 12.9. The van der Waals surface area contributed by atoms with E-state index in [1.165, 1.54) is 0 Å². The Morgan fingerprint density at radius 1 is 1.18 bits per heavy atom. The van der Waals surface area contributed by atoms with Crippen LogP contribution < -0.4 is 5.43 Å². The van der Waals surface area contributed by atoms with Crippen molar-refractivity contribution in [3.05, 3.63) is 45.7 Å². The average molecular weight is 385 g/mol. The van der Waals surface area contributed by atoms with Gasteiger partial charge in [0.05, 0.1) is 18.7 Å². The standard InChI is InChI=1S/C21H27N3O4/c1-22-6-4-16(5-7-22)24-14-18(21(26)27)20(25)17-12-15(2-3-19(17)24)13-23-8-10-28-11-9-23/h2-3,12,14,16H,4-11,13H2,1H3,(H,26,27). The summed E-state index contributed by atoms with van der Waals surface area (Å²) < 4.78 is 7.42. The number of carbonyl (C=O) groups is 1. The van der Waals surface area contributed by atoms with E-state index < -0.39 is 11.4 Å². The zero-order valence-electron chi connectivity index (χ0n) is 16.3.